The summed E-state index contributed by atoms with van der Waals surface area (Å²) in [4.78, 5) is 23.8. The number of benzene rings is 1. The topological polar surface area (TPSA) is 55.4 Å². The van der Waals surface area contributed by atoms with Crippen LogP contribution in [0.3, 0.4) is 0 Å². The Morgan fingerprint density at radius 2 is 1.91 bits per heavy atom. The van der Waals surface area contributed by atoms with Gasteiger partial charge in [-0.3, -0.25) is 4.79 Å². The van der Waals surface area contributed by atoms with E-state index in [-0.39, 0.29) is 18.6 Å². The zero-order valence-electron chi connectivity index (χ0n) is 13.0. The molecule has 0 saturated heterocycles. The molecule has 3 atom stereocenters. The first-order chi connectivity index (χ1) is 10.5. The molecule has 1 saturated carbocycles. The molecular formula is C17H22BrNO3. The van der Waals surface area contributed by atoms with Crippen LogP contribution >= 0.6 is 15.9 Å². The summed E-state index contributed by atoms with van der Waals surface area (Å²) < 4.78 is 5.96. The van der Waals surface area contributed by atoms with Crippen molar-refractivity contribution in [2.75, 3.05) is 6.61 Å². The van der Waals surface area contributed by atoms with Crippen LogP contribution in [0.5, 0.6) is 0 Å². The molecule has 0 bridgehead atoms. The number of rotatable bonds is 4. The van der Waals surface area contributed by atoms with Crippen LogP contribution in [0.1, 0.15) is 43.5 Å². The maximum absolute atomic E-state index is 12.0. The van der Waals surface area contributed by atoms with Gasteiger partial charge in [-0.05, 0) is 42.5 Å². The number of esters is 1. The summed E-state index contributed by atoms with van der Waals surface area (Å²) in [5, 5.41) is 2.99. The summed E-state index contributed by atoms with van der Waals surface area (Å²) in [5.41, 5.74) is 0.440. The van der Waals surface area contributed by atoms with Crippen LogP contribution in [-0.2, 0) is 9.53 Å². The van der Waals surface area contributed by atoms with Crippen molar-refractivity contribution in [1.29, 1.82) is 0 Å². The lowest BCUT2D eigenvalue weighted by Crippen LogP contribution is -2.45. The molecule has 5 heteroatoms. The van der Waals surface area contributed by atoms with Gasteiger partial charge < -0.3 is 10.1 Å². The van der Waals surface area contributed by atoms with Gasteiger partial charge in [0.1, 0.15) is 0 Å². The van der Waals surface area contributed by atoms with Crippen LogP contribution < -0.4 is 5.32 Å². The predicted octanol–water partition coefficient (Wildman–Crippen LogP) is 3.55. The third kappa shape index (κ3) is 4.57. The summed E-state index contributed by atoms with van der Waals surface area (Å²) in [7, 11) is 0. The Labute approximate surface area is 139 Å². The third-order valence-corrected chi connectivity index (χ3v) is 5.00. The van der Waals surface area contributed by atoms with Crippen molar-refractivity contribution >= 4 is 27.8 Å². The molecule has 4 nitrogen and oxygen atoms in total. The fourth-order valence-electron chi connectivity index (χ4n) is 2.83. The Hall–Kier alpha value is -1.36. The molecule has 0 spiro atoms. The van der Waals surface area contributed by atoms with E-state index in [1.165, 1.54) is 6.42 Å². The van der Waals surface area contributed by atoms with E-state index in [9.17, 15) is 9.59 Å². The third-order valence-electron chi connectivity index (χ3n) is 4.47. The van der Waals surface area contributed by atoms with Gasteiger partial charge >= 0.3 is 5.97 Å². The Morgan fingerprint density at radius 3 is 2.59 bits per heavy atom. The second-order valence-corrected chi connectivity index (χ2v) is 6.94. The molecule has 3 unspecified atom stereocenters. The summed E-state index contributed by atoms with van der Waals surface area (Å²) >= 11 is 3.31. The van der Waals surface area contributed by atoms with Crippen molar-refractivity contribution in [3.8, 4) is 0 Å². The minimum Gasteiger partial charge on any atom is -0.452 e. The maximum atomic E-state index is 12.0. The van der Waals surface area contributed by atoms with Gasteiger partial charge in [-0.25, -0.2) is 4.79 Å². The molecule has 0 aliphatic heterocycles. The Balaban J connectivity index is 1.80. The van der Waals surface area contributed by atoms with E-state index in [0.717, 1.165) is 17.3 Å². The summed E-state index contributed by atoms with van der Waals surface area (Å²) in [6.07, 6.45) is 3.35. The molecule has 1 aromatic rings. The monoisotopic (exact) mass is 367 g/mol. The standard InChI is InChI=1S/C17H22BrNO3/c1-11-4-3-5-15(12(11)2)19-16(20)10-22-17(21)13-6-8-14(18)9-7-13/h6-9,11-12,15H,3-5,10H2,1-2H3,(H,19,20). The lowest BCUT2D eigenvalue weighted by atomic mass is 9.78. The molecule has 1 aromatic carbocycles. The van der Waals surface area contributed by atoms with Crippen molar-refractivity contribution in [2.24, 2.45) is 11.8 Å². The number of amides is 1. The van der Waals surface area contributed by atoms with Crippen molar-refractivity contribution < 1.29 is 14.3 Å². The largest absolute Gasteiger partial charge is 0.452 e. The van der Waals surface area contributed by atoms with Crippen LogP contribution in [0.15, 0.2) is 28.7 Å². The quantitative estimate of drug-likeness (QED) is 0.827. The van der Waals surface area contributed by atoms with E-state index in [0.29, 0.717) is 17.4 Å². The first kappa shape index (κ1) is 17.0. The van der Waals surface area contributed by atoms with Gasteiger partial charge in [-0.2, -0.15) is 0 Å². The van der Waals surface area contributed by atoms with Gasteiger partial charge in [-0.1, -0.05) is 42.6 Å². The highest BCUT2D eigenvalue weighted by Gasteiger charge is 2.28. The van der Waals surface area contributed by atoms with E-state index >= 15 is 0 Å². The summed E-state index contributed by atoms with van der Waals surface area (Å²) in [6, 6.07) is 7.04. The van der Waals surface area contributed by atoms with Crippen LogP contribution in [-0.4, -0.2) is 24.5 Å². The van der Waals surface area contributed by atoms with Crippen LogP contribution in [0.4, 0.5) is 0 Å². The van der Waals surface area contributed by atoms with Gasteiger partial charge in [0.25, 0.3) is 5.91 Å². The van der Waals surface area contributed by atoms with E-state index in [4.69, 9.17) is 4.74 Å². The lowest BCUT2D eigenvalue weighted by molar-refractivity contribution is -0.125. The SMILES string of the molecule is CC1CCCC(NC(=O)COC(=O)c2ccc(Br)cc2)C1C. The number of hydrogen-bond donors (Lipinski definition) is 1. The molecule has 1 aliphatic carbocycles. The molecule has 0 aromatic heterocycles. The lowest BCUT2D eigenvalue weighted by Gasteiger charge is -2.34. The van der Waals surface area contributed by atoms with Gasteiger partial charge in [0.05, 0.1) is 5.56 Å². The molecule has 120 valence electrons. The first-order valence-electron chi connectivity index (χ1n) is 7.69. The molecular weight excluding hydrogens is 346 g/mol. The smallest absolute Gasteiger partial charge is 0.338 e. The van der Waals surface area contributed by atoms with E-state index in [1.807, 2.05) is 0 Å². The Bertz CT molecular complexity index is 529. The van der Waals surface area contributed by atoms with Crippen molar-refractivity contribution in [3.63, 3.8) is 0 Å². The van der Waals surface area contributed by atoms with Crippen LogP contribution in [0.2, 0.25) is 0 Å². The highest BCUT2D eigenvalue weighted by Crippen LogP contribution is 2.29. The predicted molar refractivity (Wildman–Crippen MR) is 88.5 cm³/mol. The maximum Gasteiger partial charge on any atom is 0.338 e. The summed E-state index contributed by atoms with van der Waals surface area (Å²) in [6.45, 7) is 4.16. The molecule has 0 heterocycles. The van der Waals surface area contributed by atoms with Crippen molar-refractivity contribution in [2.45, 2.75) is 39.2 Å². The number of hydrogen-bond acceptors (Lipinski definition) is 3. The summed E-state index contributed by atoms with van der Waals surface area (Å²) in [5.74, 6) is 0.369. The van der Waals surface area contributed by atoms with E-state index in [2.05, 4.69) is 35.1 Å². The number of ether oxygens (including phenoxy) is 1. The fourth-order valence-corrected chi connectivity index (χ4v) is 3.10. The second-order valence-electron chi connectivity index (χ2n) is 6.02. The average molecular weight is 368 g/mol. The number of carbonyl (C=O) groups is 2. The molecule has 1 aliphatic rings. The normalized spacial score (nSPS) is 24.6. The highest BCUT2D eigenvalue weighted by atomic mass is 79.9. The molecule has 0 radical (unpaired) electrons. The minimum atomic E-state index is -0.479. The van der Waals surface area contributed by atoms with Crippen LogP contribution in [0.25, 0.3) is 0 Å². The first-order valence-corrected chi connectivity index (χ1v) is 8.48. The number of halogens is 1. The molecule has 2 rings (SSSR count). The van der Waals surface area contributed by atoms with Gasteiger partial charge in [0, 0.05) is 10.5 Å². The van der Waals surface area contributed by atoms with Gasteiger partial charge in [-0.15, -0.1) is 0 Å². The molecule has 1 N–H and O–H groups in total. The van der Waals surface area contributed by atoms with E-state index < -0.39 is 5.97 Å². The van der Waals surface area contributed by atoms with Crippen molar-refractivity contribution in [3.05, 3.63) is 34.3 Å². The molecule has 22 heavy (non-hydrogen) atoms. The van der Waals surface area contributed by atoms with Gasteiger partial charge in [0.15, 0.2) is 6.61 Å². The molecule has 1 amide bonds. The average Bonchev–Trinajstić information content (AvgIpc) is 2.50. The fraction of sp³-hybridized carbons (Fsp3) is 0.529. The Morgan fingerprint density at radius 1 is 1.23 bits per heavy atom. The zero-order valence-corrected chi connectivity index (χ0v) is 14.6. The number of nitrogens with one attached hydrogen (secondary N) is 1. The van der Waals surface area contributed by atoms with Gasteiger partial charge in [0.2, 0.25) is 0 Å². The minimum absolute atomic E-state index is 0.183. The Kier molecular flexibility index (Phi) is 6.00. The van der Waals surface area contributed by atoms with Crippen LogP contribution in [0, 0.1) is 11.8 Å². The van der Waals surface area contributed by atoms with Crippen molar-refractivity contribution in [1.82, 2.24) is 5.32 Å². The zero-order chi connectivity index (χ0) is 16.1. The number of carbonyl (C=O) groups excluding carboxylic acids is 2. The molecule has 1 fully saturated rings. The van der Waals surface area contributed by atoms with E-state index in [1.54, 1.807) is 24.3 Å². The highest BCUT2D eigenvalue weighted by molar-refractivity contribution is 9.10. The second kappa shape index (κ2) is 7.77.